The predicted octanol–water partition coefficient (Wildman–Crippen LogP) is 0.241. The van der Waals surface area contributed by atoms with Crippen LogP contribution in [0, 0.1) is 0 Å². The van der Waals surface area contributed by atoms with E-state index in [1.807, 2.05) is 6.92 Å². The van der Waals surface area contributed by atoms with E-state index in [0.29, 0.717) is 11.5 Å². The number of nitrogen functional groups attached to an aromatic ring is 1. The molecular formula is C10H19N5O. The average Bonchev–Trinajstić information content (AvgIpc) is 2.44. The van der Waals surface area contributed by atoms with Crippen LogP contribution in [0.1, 0.15) is 26.5 Å². The molecule has 0 aliphatic rings. The molecule has 0 unspecified atom stereocenters. The summed E-state index contributed by atoms with van der Waals surface area (Å²) >= 11 is 0. The van der Waals surface area contributed by atoms with Gasteiger partial charge in [-0.2, -0.15) is 5.10 Å². The van der Waals surface area contributed by atoms with Crippen LogP contribution < -0.4 is 16.8 Å². The molecule has 0 radical (unpaired) electrons. The van der Waals surface area contributed by atoms with E-state index in [9.17, 15) is 4.79 Å². The second-order valence-corrected chi connectivity index (χ2v) is 4.30. The van der Waals surface area contributed by atoms with Crippen molar-refractivity contribution in [1.29, 1.82) is 0 Å². The molecule has 1 aromatic heterocycles. The first-order chi connectivity index (χ1) is 7.29. The van der Waals surface area contributed by atoms with Crippen LogP contribution in [0.25, 0.3) is 0 Å². The quantitative estimate of drug-likeness (QED) is 0.683. The SMILES string of the molecule is CCc1nn(C)c(NC(C)(C)C(N)=O)c1N. The summed E-state index contributed by atoms with van der Waals surface area (Å²) in [7, 11) is 1.77. The lowest BCUT2D eigenvalue weighted by Gasteiger charge is -2.23. The van der Waals surface area contributed by atoms with Crippen molar-refractivity contribution in [3.63, 3.8) is 0 Å². The number of aryl methyl sites for hydroxylation is 2. The lowest BCUT2D eigenvalue weighted by atomic mass is 10.1. The second kappa shape index (κ2) is 4.03. The Morgan fingerprint density at radius 2 is 2.12 bits per heavy atom. The molecule has 0 atom stereocenters. The predicted molar refractivity (Wildman–Crippen MR) is 63.9 cm³/mol. The number of nitrogens with zero attached hydrogens (tertiary/aromatic N) is 2. The maximum Gasteiger partial charge on any atom is 0.242 e. The van der Waals surface area contributed by atoms with Crippen LogP contribution in [0.4, 0.5) is 11.5 Å². The standard InChI is InChI=1S/C10H19N5O/c1-5-6-7(11)8(15(4)14-6)13-10(2,3)9(12)16/h13H,5,11H2,1-4H3,(H2,12,16). The van der Waals surface area contributed by atoms with E-state index >= 15 is 0 Å². The molecule has 0 spiro atoms. The number of carbonyl (C=O) groups is 1. The molecule has 0 aromatic carbocycles. The van der Waals surface area contributed by atoms with E-state index in [1.165, 1.54) is 0 Å². The largest absolute Gasteiger partial charge is 0.394 e. The number of carbonyl (C=O) groups excluding carboxylic acids is 1. The zero-order valence-corrected chi connectivity index (χ0v) is 10.2. The number of amides is 1. The summed E-state index contributed by atoms with van der Waals surface area (Å²) in [5.41, 5.74) is 11.7. The third-order valence-corrected chi connectivity index (χ3v) is 2.54. The molecule has 0 saturated heterocycles. The van der Waals surface area contributed by atoms with Gasteiger partial charge in [-0.25, -0.2) is 0 Å². The second-order valence-electron chi connectivity index (χ2n) is 4.30. The average molecular weight is 225 g/mol. The van der Waals surface area contributed by atoms with E-state index in [-0.39, 0.29) is 0 Å². The van der Waals surface area contributed by atoms with Crippen molar-refractivity contribution in [1.82, 2.24) is 9.78 Å². The zero-order valence-electron chi connectivity index (χ0n) is 10.2. The molecule has 1 amide bonds. The summed E-state index contributed by atoms with van der Waals surface area (Å²) in [6.45, 7) is 5.38. The number of aromatic nitrogens is 2. The van der Waals surface area contributed by atoms with Gasteiger partial charge < -0.3 is 16.8 Å². The van der Waals surface area contributed by atoms with E-state index in [2.05, 4.69) is 10.4 Å². The summed E-state index contributed by atoms with van der Waals surface area (Å²) in [5.74, 6) is 0.187. The van der Waals surface area contributed by atoms with Gasteiger partial charge in [-0.15, -0.1) is 0 Å². The van der Waals surface area contributed by atoms with Crippen LogP contribution in [0.15, 0.2) is 0 Å². The molecule has 90 valence electrons. The maximum atomic E-state index is 11.2. The minimum Gasteiger partial charge on any atom is -0.394 e. The number of anilines is 2. The summed E-state index contributed by atoms with van der Waals surface area (Å²) < 4.78 is 1.62. The Kier molecular flexibility index (Phi) is 3.11. The van der Waals surface area contributed by atoms with Crippen LogP contribution in [0.5, 0.6) is 0 Å². The Balaban J connectivity index is 3.06. The van der Waals surface area contributed by atoms with Crippen LogP contribution in [0.3, 0.4) is 0 Å². The van der Waals surface area contributed by atoms with E-state index in [1.54, 1.807) is 25.6 Å². The molecule has 0 aliphatic heterocycles. The van der Waals surface area contributed by atoms with Gasteiger partial charge in [0, 0.05) is 7.05 Å². The number of nitrogens with one attached hydrogen (secondary N) is 1. The monoisotopic (exact) mass is 225 g/mol. The van der Waals surface area contributed by atoms with Crippen LogP contribution in [-0.2, 0) is 18.3 Å². The Bertz CT molecular complexity index is 408. The fourth-order valence-corrected chi connectivity index (χ4v) is 1.36. The molecule has 1 rings (SSSR count). The lowest BCUT2D eigenvalue weighted by molar-refractivity contribution is -0.121. The third kappa shape index (κ3) is 2.10. The van der Waals surface area contributed by atoms with Gasteiger partial charge in [0.1, 0.15) is 11.4 Å². The molecule has 1 aromatic rings. The number of nitrogens with two attached hydrogens (primary N) is 2. The Morgan fingerprint density at radius 1 is 1.56 bits per heavy atom. The lowest BCUT2D eigenvalue weighted by Crippen LogP contribution is -2.45. The molecule has 5 N–H and O–H groups in total. The number of primary amides is 1. The van der Waals surface area contributed by atoms with Crippen molar-refractivity contribution in [3.05, 3.63) is 5.69 Å². The summed E-state index contributed by atoms with van der Waals surface area (Å²) in [6.07, 6.45) is 0.748. The first-order valence-corrected chi connectivity index (χ1v) is 5.19. The highest BCUT2D eigenvalue weighted by atomic mass is 16.1. The van der Waals surface area contributed by atoms with Gasteiger partial charge in [0.2, 0.25) is 5.91 Å². The highest BCUT2D eigenvalue weighted by molar-refractivity contribution is 5.87. The molecule has 6 nitrogen and oxygen atoms in total. The minimum atomic E-state index is -0.854. The highest BCUT2D eigenvalue weighted by Gasteiger charge is 2.27. The maximum absolute atomic E-state index is 11.2. The third-order valence-electron chi connectivity index (χ3n) is 2.54. The van der Waals surface area contributed by atoms with Gasteiger partial charge >= 0.3 is 0 Å². The smallest absolute Gasteiger partial charge is 0.242 e. The fraction of sp³-hybridized carbons (Fsp3) is 0.600. The van der Waals surface area contributed by atoms with Crippen molar-refractivity contribution in [3.8, 4) is 0 Å². The molecule has 1 heterocycles. The summed E-state index contributed by atoms with van der Waals surface area (Å²) in [5, 5.41) is 7.26. The van der Waals surface area contributed by atoms with Crippen molar-refractivity contribution >= 4 is 17.4 Å². The first-order valence-electron chi connectivity index (χ1n) is 5.19. The molecule has 6 heteroatoms. The fourth-order valence-electron chi connectivity index (χ4n) is 1.36. The molecule has 0 fully saturated rings. The Morgan fingerprint density at radius 3 is 2.50 bits per heavy atom. The van der Waals surface area contributed by atoms with E-state index in [0.717, 1.165) is 12.1 Å². The summed E-state index contributed by atoms with van der Waals surface area (Å²) in [6, 6.07) is 0. The normalized spacial score (nSPS) is 11.5. The Hall–Kier alpha value is -1.72. The molecule has 16 heavy (non-hydrogen) atoms. The van der Waals surface area contributed by atoms with Crippen molar-refractivity contribution in [2.75, 3.05) is 11.1 Å². The number of rotatable bonds is 4. The number of hydrogen-bond acceptors (Lipinski definition) is 4. The van der Waals surface area contributed by atoms with Crippen molar-refractivity contribution in [2.24, 2.45) is 12.8 Å². The molecule has 0 aliphatic carbocycles. The zero-order chi connectivity index (χ0) is 12.5. The van der Waals surface area contributed by atoms with E-state index in [4.69, 9.17) is 11.5 Å². The van der Waals surface area contributed by atoms with Crippen molar-refractivity contribution in [2.45, 2.75) is 32.7 Å². The topological polar surface area (TPSA) is 99.0 Å². The Labute approximate surface area is 95.0 Å². The van der Waals surface area contributed by atoms with Crippen LogP contribution >= 0.6 is 0 Å². The first kappa shape index (κ1) is 12.4. The van der Waals surface area contributed by atoms with Gasteiger partial charge in [-0.05, 0) is 20.3 Å². The highest BCUT2D eigenvalue weighted by Crippen LogP contribution is 2.25. The van der Waals surface area contributed by atoms with Gasteiger partial charge in [0.25, 0.3) is 0 Å². The minimum absolute atomic E-state index is 0.439. The van der Waals surface area contributed by atoms with Gasteiger partial charge in [-0.1, -0.05) is 6.92 Å². The van der Waals surface area contributed by atoms with Gasteiger partial charge in [0.15, 0.2) is 0 Å². The summed E-state index contributed by atoms with van der Waals surface area (Å²) in [4.78, 5) is 11.2. The van der Waals surface area contributed by atoms with Crippen molar-refractivity contribution < 1.29 is 4.79 Å². The molecule has 0 saturated carbocycles. The molecule has 0 bridgehead atoms. The van der Waals surface area contributed by atoms with Gasteiger partial charge in [0.05, 0.1) is 11.4 Å². The number of hydrogen-bond donors (Lipinski definition) is 3. The molecular weight excluding hydrogens is 206 g/mol. The van der Waals surface area contributed by atoms with Crippen LogP contribution in [-0.4, -0.2) is 21.2 Å². The van der Waals surface area contributed by atoms with Gasteiger partial charge in [-0.3, -0.25) is 9.48 Å². The van der Waals surface area contributed by atoms with Crippen LogP contribution in [0.2, 0.25) is 0 Å². The van der Waals surface area contributed by atoms with E-state index < -0.39 is 11.4 Å².